The third-order valence-corrected chi connectivity index (χ3v) is 8.97. The van der Waals surface area contributed by atoms with Crippen molar-refractivity contribution in [3.8, 4) is 11.1 Å². The van der Waals surface area contributed by atoms with E-state index in [0.29, 0.717) is 41.0 Å². The van der Waals surface area contributed by atoms with Crippen LogP contribution in [0.15, 0.2) is 29.4 Å². The van der Waals surface area contributed by atoms with Crippen LogP contribution in [0.1, 0.15) is 43.0 Å². The molecule has 6 rings (SSSR count). The lowest BCUT2D eigenvalue weighted by molar-refractivity contribution is -0.186. The summed E-state index contributed by atoms with van der Waals surface area (Å²) in [5, 5.41) is 24.2. The van der Waals surface area contributed by atoms with Crippen LogP contribution in [0.4, 0.5) is 5.82 Å². The van der Waals surface area contributed by atoms with Gasteiger partial charge in [-0.15, -0.1) is 0 Å². The van der Waals surface area contributed by atoms with E-state index in [1.807, 2.05) is 0 Å². The average molecular weight is 529 g/mol. The summed E-state index contributed by atoms with van der Waals surface area (Å²) >= 11 is 0. The maximum Gasteiger partial charge on any atom is 0.248 e. The van der Waals surface area contributed by atoms with Crippen LogP contribution in [0.25, 0.3) is 16.8 Å². The first-order chi connectivity index (χ1) is 17.6. The molecular formula is C24H28N6O6S. The summed E-state index contributed by atoms with van der Waals surface area (Å²) in [5.74, 6) is -0.543. The molecule has 0 aliphatic carbocycles. The second-order valence-electron chi connectivity index (χ2n) is 10.2. The minimum atomic E-state index is -3.75. The molecule has 0 aromatic carbocycles. The summed E-state index contributed by atoms with van der Waals surface area (Å²) in [4.78, 5) is 23.3. The van der Waals surface area contributed by atoms with Crippen LogP contribution >= 0.6 is 0 Å². The van der Waals surface area contributed by atoms with Crippen molar-refractivity contribution in [2.24, 2.45) is 0 Å². The lowest BCUT2D eigenvalue weighted by atomic mass is 9.87. The molecule has 3 aromatic rings. The molecule has 37 heavy (non-hydrogen) atoms. The summed E-state index contributed by atoms with van der Waals surface area (Å²) in [6, 6.07) is 3.36. The van der Waals surface area contributed by atoms with Gasteiger partial charge in [0.2, 0.25) is 5.91 Å². The second-order valence-corrected chi connectivity index (χ2v) is 12.2. The minimum Gasteiger partial charge on any atom is -0.387 e. The Kier molecular flexibility index (Phi) is 5.53. The average Bonchev–Trinajstić information content (AvgIpc) is 3.39. The normalized spacial score (nSPS) is 24.8. The van der Waals surface area contributed by atoms with Gasteiger partial charge < -0.3 is 25.6 Å². The van der Waals surface area contributed by atoms with Crippen molar-refractivity contribution in [1.82, 2.24) is 24.5 Å². The molecule has 0 spiro atoms. The first-order valence-corrected chi connectivity index (χ1v) is 14.1. The van der Waals surface area contributed by atoms with Crippen LogP contribution in [0.3, 0.4) is 0 Å². The highest BCUT2D eigenvalue weighted by Crippen LogP contribution is 2.45. The molecule has 12 nitrogen and oxygen atoms in total. The van der Waals surface area contributed by atoms with E-state index in [9.17, 15) is 23.4 Å². The molecule has 13 heteroatoms. The number of fused-ring (bicyclic) bond motifs is 3. The number of sulfone groups is 1. The largest absolute Gasteiger partial charge is 0.387 e. The number of nitrogens with zero attached hydrogens (tertiary/aromatic N) is 5. The molecule has 1 amide bonds. The number of carbonyl (C=O) groups is 1. The van der Waals surface area contributed by atoms with Gasteiger partial charge in [0.25, 0.3) is 0 Å². The van der Waals surface area contributed by atoms with E-state index < -0.39 is 22.0 Å². The van der Waals surface area contributed by atoms with Gasteiger partial charge in [-0.1, -0.05) is 6.07 Å². The number of aliphatic hydroxyl groups excluding tert-OH is 1. The molecule has 3 aromatic heterocycles. The number of ether oxygens (including phenoxy) is 1. The highest BCUT2D eigenvalue weighted by atomic mass is 32.2. The molecule has 3 saturated heterocycles. The number of nitrogens with two attached hydrogens (primary N) is 1. The molecule has 3 aliphatic rings. The van der Waals surface area contributed by atoms with E-state index >= 15 is 0 Å². The number of rotatable bonds is 5. The third-order valence-electron chi connectivity index (χ3n) is 7.81. The number of piperidine rings is 1. The fraction of sp³-hybridized carbons (Fsp3) is 0.500. The molecule has 0 unspecified atom stereocenters. The highest BCUT2D eigenvalue weighted by molar-refractivity contribution is 7.91. The number of aromatic nitrogens is 4. The van der Waals surface area contributed by atoms with Gasteiger partial charge in [-0.05, 0) is 31.7 Å². The minimum absolute atomic E-state index is 0.0135. The summed E-state index contributed by atoms with van der Waals surface area (Å²) in [5.41, 5.74) is 7.93. The van der Waals surface area contributed by atoms with Crippen LogP contribution in [-0.4, -0.2) is 87.2 Å². The number of nitrogen functional groups attached to an aromatic ring is 1. The van der Waals surface area contributed by atoms with Crippen LogP contribution in [0.5, 0.6) is 0 Å². The molecule has 2 bridgehead atoms. The van der Waals surface area contributed by atoms with Gasteiger partial charge in [0.15, 0.2) is 21.1 Å². The van der Waals surface area contributed by atoms with Crippen molar-refractivity contribution in [2.45, 2.75) is 54.2 Å². The molecular weight excluding hydrogens is 500 g/mol. The van der Waals surface area contributed by atoms with E-state index in [1.165, 1.54) is 4.52 Å². The van der Waals surface area contributed by atoms with E-state index in [0.717, 1.165) is 19.1 Å². The Balaban J connectivity index is 1.44. The van der Waals surface area contributed by atoms with E-state index in [-0.39, 0.29) is 47.8 Å². The fourth-order valence-electron chi connectivity index (χ4n) is 6.04. The first kappa shape index (κ1) is 24.2. The number of amides is 1. The van der Waals surface area contributed by atoms with Gasteiger partial charge in [0.1, 0.15) is 17.3 Å². The van der Waals surface area contributed by atoms with Gasteiger partial charge in [-0.25, -0.2) is 13.4 Å². The lowest BCUT2D eigenvalue weighted by Crippen LogP contribution is -2.47. The summed E-state index contributed by atoms with van der Waals surface area (Å²) in [6.07, 6.45) is 6.96. The monoisotopic (exact) mass is 528 g/mol. The zero-order chi connectivity index (χ0) is 26.1. The third kappa shape index (κ3) is 3.79. The Hall–Kier alpha value is -3.13. The standard InChI is InChI=1S/C24H28N6O6S/c1-37(34,35)21-20(14-6-15-3-4-16(7-14)29(15)19(32)10-31)28-23-17(9-27-30(23)22(21)25)13-2-5-18(26-8-13)24(33)11-36-12-24/h2,5,8-9,14-16,31,33H,3-4,6-7,10-12,25H2,1H3/t14-,15+,16-. The van der Waals surface area contributed by atoms with Crippen molar-refractivity contribution in [2.75, 3.05) is 31.8 Å². The maximum absolute atomic E-state index is 12.9. The Morgan fingerprint density at radius 2 is 1.92 bits per heavy atom. The molecule has 0 radical (unpaired) electrons. The molecule has 3 atom stereocenters. The molecule has 6 heterocycles. The van der Waals surface area contributed by atoms with Gasteiger partial charge >= 0.3 is 0 Å². The van der Waals surface area contributed by atoms with Gasteiger partial charge in [0, 0.05) is 41.6 Å². The summed E-state index contributed by atoms with van der Waals surface area (Å²) in [7, 11) is -3.75. The number of hydrogen-bond acceptors (Lipinski definition) is 10. The zero-order valence-corrected chi connectivity index (χ0v) is 21.1. The number of hydrogen-bond donors (Lipinski definition) is 3. The topological polar surface area (TPSA) is 173 Å². The molecule has 3 aliphatic heterocycles. The Morgan fingerprint density at radius 3 is 2.46 bits per heavy atom. The lowest BCUT2D eigenvalue weighted by Gasteiger charge is -2.39. The highest BCUT2D eigenvalue weighted by Gasteiger charge is 2.45. The number of pyridine rings is 1. The van der Waals surface area contributed by atoms with Crippen LogP contribution in [0.2, 0.25) is 0 Å². The van der Waals surface area contributed by atoms with Crippen molar-refractivity contribution >= 4 is 27.2 Å². The van der Waals surface area contributed by atoms with Gasteiger partial charge in [-0.3, -0.25) is 9.78 Å². The molecule has 0 saturated carbocycles. The predicted octanol–water partition coefficient (Wildman–Crippen LogP) is 0.224. The van der Waals surface area contributed by atoms with Crippen molar-refractivity contribution in [1.29, 1.82) is 0 Å². The van der Waals surface area contributed by atoms with Crippen molar-refractivity contribution in [3.63, 3.8) is 0 Å². The van der Waals surface area contributed by atoms with Crippen LogP contribution in [-0.2, 0) is 25.0 Å². The fourth-order valence-corrected chi connectivity index (χ4v) is 7.10. The Bertz CT molecular complexity index is 1490. The number of anilines is 1. The quantitative estimate of drug-likeness (QED) is 0.416. The van der Waals surface area contributed by atoms with Crippen LogP contribution < -0.4 is 5.73 Å². The molecule has 3 fully saturated rings. The van der Waals surface area contributed by atoms with Crippen molar-refractivity contribution < 1.29 is 28.2 Å². The summed E-state index contributed by atoms with van der Waals surface area (Å²) < 4.78 is 32.2. The number of carbonyl (C=O) groups excluding carboxylic acids is 1. The first-order valence-electron chi connectivity index (χ1n) is 12.2. The SMILES string of the molecule is CS(=O)(=O)c1c([C@H]2C[C@H]3CC[C@@H](C2)N3C(=O)CO)nc2c(-c3ccc(C4(O)COC4)nc3)cnn2c1N. The van der Waals surface area contributed by atoms with Crippen LogP contribution in [0, 0.1) is 0 Å². The van der Waals surface area contributed by atoms with E-state index in [4.69, 9.17) is 15.5 Å². The van der Waals surface area contributed by atoms with E-state index in [1.54, 1.807) is 29.4 Å². The second kappa shape index (κ2) is 8.45. The predicted molar refractivity (Wildman–Crippen MR) is 131 cm³/mol. The van der Waals surface area contributed by atoms with Crippen molar-refractivity contribution in [3.05, 3.63) is 35.9 Å². The van der Waals surface area contributed by atoms with Gasteiger partial charge in [-0.2, -0.15) is 9.61 Å². The zero-order valence-electron chi connectivity index (χ0n) is 20.2. The Morgan fingerprint density at radius 1 is 1.22 bits per heavy atom. The number of aliphatic hydroxyl groups is 2. The molecule has 4 N–H and O–H groups in total. The van der Waals surface area contributed by atoms with E-state index in [2.05, 4.69) is 10.1 Å². The maximum atomic E-state index is 12.9. The van der Waals surface area contributed by atoms with Gasteiger partial charge in [0.05, 0.1) is 30.8 Å². The smallest absolute Gasteiger partial charge is 0.248 e. The Labute approximate surface area is 213 Å². The molecule has 196 valence electrons. The summed E-state index contributed by atoms with van der Waals surface area (Å²) in [6.45, 7) is -0.160.